The predicted molar refractivity (Wildman–Crippen MR) is 72.7 cm³/mol. The number of fused-ring (bicyclic) bond motifs is 1. The molecule has 2 heterocycles. The molecular formula is C12H18FN3O2S. The van der Waals surface area contributed by atoms with E-state index in [9.17, 15) is 12.8 Å². The first kappa shape index (κ1) is 14.2. The molecule has 2 rings (SSSR count). The van der Waals surface area contributed by atoms with Gasteiger partial charge in [-0.3, -0.25) is 4.99 Å². The normalized spacial score (nSPS) is 28.0. The number of hydrogen-bond donors (Lipinski definition) is 1. The Morgan fingerprint density at radius 3 is 2.79 bits per heavy atom. The van der Waals surface area contributed by atoms with Crippen molar-refractivity contribution in [3.63, 3.8) is 0 Å². The molecule has 0 spiro atoms. The predicted octanol–water partition coefficient (Wildman–Crippen LogP) is 1.52. The molecule has 1 saturated heterocycles. The molecule has 0 amide bonds. The fourth-order valence-electron chi connectivity index (χ4n) is 2.55. The van der Waals surface area contributed by atoms with Gasteiger partial charge in [0.2, 0.25) is 10.0 Å². The van der Waals surface area contributed by atoms with E-state index in [0.717, 1.165) is 17.1 Å². The van der Waals surface area contributed by atoms with Gasteiger partial charge in [0.15, 0.2) is 0 Å². The highest BCUT2D eigenvalue weighted by Crippen LogP contribution is 2.31. The fourth-order valence-corrected chi connectivity index (χ4v) is 3.38. The fraction of sp³-hybridized carbons (Fsp3) is 0.583. The third-order valence-electron chi connectivity index (χ3n) is 3.58. The number of halogens is 1. The van der Waals surface area contributed by atoms with Gasteiger partial charge < -0.3 is 4.90 Å². The van der Waals surface area contributed by atoms with Gasteiger partial charge in [-0.1, -0.05) is 0 Å². The van der Waals surface area contributed by atoms with Gasteiger partial charge >= 0.3 is 0 Å². The van der Waals surface area contributed by atoms with Gasteiger partial charge in [0.05, 0.1) is 17.8 Å². The third kappa shape index (κ3) is 2.87. The summed E-state index contributed by atoms with van der Waals surface area (Å²) in [4.78, 5) is 6.54. The number of sulfonamides is 1. The molecule has 1 fully saturated rings. The van der Waals surface area contributed by atoms with Crippen LogP contribution in [0.25, 0.3) is 0 Å². The summed E-state index contributed by atoms with van der Waals surface area (Å²) in [5, 5.41) is 0.537. The van der Waals surface area contributed by atoms with Crippen molar-refractivity contribution in [1.29, 1.82) is 0 Å². The SMILES string of the molecule is CC1=NC(C)C(C)=C2CC(NS(=O)(=O)/C=C/F)CN12. The first-order valence-electron chi connectivity index (χ1n) is 6.14. The van der Waals surface area contributed by atoms with E-state index in [4.69, 9.17) is 0 Å². The standard InChI is InChI=1S/C12H18FN3O2S/c1-8-9(2)14-10(3)16-7-11(6-12(8)16)15-19(17,18)5-4-13/h4-5,9,11,15H,6-7H2,1-3H3/b5-4+. The molecule has 0 aromatic carbocycles. The van der Waals surface area contributed by atoms with Crippen LogP contribution in [0.3, 0.4) is 0 Å². The van der Waals surface area contributed by atoms with E-state index in [2.05, 4.69) is 9.71 Å². The molecule has 0 aromatic heterocycles. The largest absolute Gasteiger partial charge is 0.332 e. The van der Waals surface area contributed by atoms with Crippen molar-refractivity contribution in [2.24, 2.45) is 4.99 Å². The van der Waals surface area contributed by atoms with Gasteiger partial charge in [0, 0.05) is 24.7 Å². The summed E-state index contributed by atoms with van der Waals surface area (Å²) in [5.74, 6) is 0.899. The second-order valence-electron chi connectivity index (χ2n) is 4.92. The van der Waals surface area contributed by atoms with Crippen molar-refractivity contribution in [2.45, 2.75) is 39.3 Å². The van der Waals surface area contributed by atoms with E-state index in [1.54, 1.807) is 0 Å². The Balaban J connectivity index is 2.18. The number of aliphatic imine (C=N–C) groups is 1. The van der Waals surface area contributed by atoms with Gasteiger partial charge in [0.25, 0.3) is 0 Å². The summed E-state index contributed by atoms with van der Waals surface area (Å²) in [5.41, 5.74) is 2.28. The van der Waals surface area contributed by atoms with Crippen molar-refractivity contribution in [3.8, 4) is 0 Å². The number of hydrogen-bond acceptors (Lipinski definition) is 4. The molecule has 0 aromatic rings. The van der Waals surface area contributed by atoms with E-state index in [0.29, 0.717) is 18.4 Å². The van der Waals surface area contributed by atoms with Crippen LogP contribution in [-0.4, -0.2) is 37.8 Å². The van der Waals surface area contributed by atoms with Crippen LogP contribution in [0, 0.1) is 0 Å². The van der Waals surface area contributed by atoms with Crippen LogP contribution >= 0.6 is 0 Å². The lowest BCUT2D eigenvalue weighted by Gasteiger charge is -2.28. The van der Waals surface area contributed by atoms with E-state index < -0.39 is 10.0 Å². The number of nitrogens with zero attached hydrogens (tertiary/aromatic N) is 2. The first-order valence-corrected chi connectivity index (χ1v) is 7.69. The molecule has 19 heavy (non-hydrogen) atoms. The van der Waals surface area contributed by atoms with E-state index in [1.165, 1.54) is 0 Å². The van der Waals surface area contributed by atoms with Gasteiger partial charge in [-0.15, -0.1) is 0 Å². The molecule has 7 heteroatoms. The lowest BCUT2D eigenvalue weighted by molar-refractivity contribution is 0.511. The van der Waals surface area contributed by atoms with Gasteiger partial charge in [-0.2, -0.15) is 0 Å². The molecule has 0 bridgehead atoms. The highest BCUT2D eigenvalue weighted by Gasteiger charge is 2.34. The molecule has 106 valence electrons. The van der Waals surface area contributed by atoms with Crippen molar-refractivity contribution in [3.05, 3.63) is 23.0 Å². The zero-order chi connectivity index (χ0) is 14.2. The zero-order valence-electron chi connectivity index (χ0n) is 11.2. The summed E-state index contributed by atoms with van der Waals surface area (Å²) in [6.45, 7) is 6.49. The van der Waals surface area contributed by atoms with Crippen LogP contribution in [0.1, 0.15) is 27.2 Å². The summed E-state index contributed by atoms with van der Waals surface area (Å²) in [7, 11) is -3.70. The molecule has 0 radical (unpaired) electrons. The summed E-state index contributed by atoms with van der Waals surface area (Å²) in [6.07, 6.45) is 0.645. The van der Waals surface area contributed by atoms with Crippen LogP contribution in [0.2, 0.25) is 0 Å². The van der Waals surface area contributed by atoms with Gasteiger partial charge in [-0.25, -0.2) is 17.5 Å². The molecule has 2 aliphatic rings. The topological polar surface area (TPSA) is 61.8 Å². The Morgan fingerprint density at radius 1 is 1.47 bits per heavy atom. The Bertz CT molecular complexity index is 566. The molecule has 1 N–H and O–H groups in total. The molecule has 2 aliphatic heterocycles. The lowest BCUT2D eigenvalue weighted by Crippen LogP contribution is -2.37. The van der Waals surface area contributed by atoms with Crippen LogP contribution in [-0.2, 0) is 10.0 Å². The number of rotatable bonds is 3. The Labute approximate surface area is 112 Å². The smallest absolute Gasteiger partial charge is 0.236 e. The maximum atomic E-state index is 12.0. The monoisotopic (exact) mass is 287 g/mol. The first-order chi connectivity index (χ1) is 8.84. The Hall–Kier alpha value is -1.21. The highest BCUT2D eigenvalue weighted by molar-refractivity contribution is 7.92. The summed E-state index contributed by atoms with van der Waals surface area (Å²) >= 11 is 0. The molecule has 2 unspecified atom stereocenters. The maximum absolute atomic E-state index is 12.0. The van der Waals surface area contributed by atoms with Crippen LogP contribution in [0.5, 0.6) is 0 Å². The van der Waals surface area contributed by atoms with Crippen LogP contribution in [0.15, 0.2) is 28.0 Å². The average Bonchev–Trinajstić information content (AvgIpc) is 2.69. The van der Waals surface area contributed by atoms with Crippen molar-refractivity contribution in [2.75, 3.05) is 6.54 Å². The molecular weight excluding hydrogens is 269 g/mol. The van der Waals surface area contributed by atoms with Gasteiger partial charge in [-0.05, 0) is 26.3 Å². The van der Waals surface area contributed by atoms with Gasteiger partial charge in [0.1, 0.15) is 5.84 Å². The van der Waals surface area contributed by atoms with E-state index in [1.807, 2.05) is 25.7 Å². The van der Waals surface area contributed by atoms with Crippen molar-refractivity contribution >= 4 is 15.9 Å². The minimum atomic E-state index is -3.70. The Morgan fingerprint density at radius 2 is 2.16 bits per heavy atom. The number of amidine groups is 1. The van der Waals surface area contributed by atoms with Crippen molar-refractivity contribution < 1.29 is 12.8 Å². The van der Waals surface area contributed by atoms with Crippen LogP contribution in [0.4, 0.5) is 4.39 Å². The highest BCUT2D eigenvalue weighted by atomic mass is 32.2. The molecule has 0 saturated carbocycles. The van der Waals surface area contributed by atoms with Crippen molar-refractivity contribution in [1.82, 2.24) is 9.62 Å². The molecule has 5 nitrogen and oxygen atoms in total. The molecule has 2 atom stereocenters. The van der Waals surface area contributed by atoms with Crippen LogP contribution < -0.4 is 4.72 Å². The summed E-state index contributed by atoms with van der Waals surface area (Å²) in [6, 6.07) is -0.117. The second-order valence-corrected chi connectivity index (χ2v) is 6.52. The molecule has 0 aliphatic carbocycles. The number of nitrogens with one attached hydrogen (secondary N) is 1. The minimum Gasteiger partial charge on any atom is -0.332 e. The average molecular weight is 287 g/mol. The lowest BCUT2D eigenvalue weighted by atomic mass is 10.0. The Kier molecular flexibility index (Phi) is 3.78. The summed E-state index contributed by atoms with van der Waals surface area (Å²) < 4.78 is 37.5. The third-order valence-corrected chi connectivity index (χ3v) is 4.71. The minimum absolute atomic E-state index is 0.0317. The van der Waals surface area contributed by atoms with E-state index >= 15 is 0 Å². The van der Waals surface area contributed by atoms with E-state index in [-0.39, 0.29) is 18.4 Å². The second kappa shape index (κ2) is 5.05. The maximum Gasteiger partial charge on any atom is 0.236 e. The zero-order valence-corrected chi connectivity index (χ0v) is 12.0. The quantitative estimate of drug-likeness (QED) is 0.856.